The maximum absolute atomic E-state index is 10.7. The lowest BCUT2D eigenvalue weighted by atomic mass is 10.0. The molecule has 10 heteroatoms. The van der Waals surface area contributed by atoms with Crippen molar-refractivity contribution in [3.63, 3.8) is 0 Å². The van der Waals surface area contributed by atoms with Gasteiger partial charge in [-0.2, -0.15) is 10.2 Å². The summed E-state index contributed by atoms with van der Waals surface area (Å²) in [7, 11) is 3.52. The SMILES string of the molecule is COc1ccc(C(O)c2cnc(C3=CCN(c4ncnn5cc(-c6cnn(C)c6)cc45)CC3)nc2)cc1. The van der Waals surface area contributed by atoms with E-state index >= 15 is 0 Å². The minimum absolute atomic E-state index is 0.646. The molecule has 0 bridgehead atoms. The molecule has 1 unspecified atom stereocenters. The topological polar surface area (TPSA) is 106 Å². The van der Waals surface area contributed by atoms with Crippen LogP contribution in [0.25, 0.3) is 22.2 Å². The molecule has 1 aliphatic rings. The molecule has 0 fully saturated rings. The number of hydrogen-bond donors (Lipinski definition) is 1. The Morgan fingerprint density at radius 2 is 1.76 bits per heavy atom. The van der Waals surface area contributed by atoms with Gasteiger partial charge >= 0.3 is 0 Å². The van der Waals surface area contributed by atoms with Gasteiger partial charge in [0.25, 0.3) is 0 Å². The molecular formula is C27H26N8O2. The second-order valence-electron chi connectivity index (χ2n) is 8.99. The van der Waals surface area contributed by atoms with E-state index in [0.29, 0.717) is 17.9 Å². The van der Waals surface area contributed by atoms with Crippen LogP contribution in [-0.4, -0.2) is 59.7 Å². The van der Waals surface area contributed by atoms with E-state index in [9.17, 15) is 5.11 Å². The molecule has 0 radical (unpaired) electrons. The summed E-state index contributed by atoms with van der Waals surface area (Å²) in [5, 5.41) is 19.4. The summed E-state index contributed by atoms with van der Waals surface area (Å²) in [6.07, 6.45) is 12.9. The van der Waals surface area contributed by atoms with Crippen molar-refractivity contribution >= 4 is 16.9 Å². The van der Waals surface area contributed by atoms with Crippen LogP contribution in [0.1, 0.15) is 29.5 Å². The molecular weight excluding hydrogens is 468 g/mol. The standard InChI is InChI=1S/C27H26N8O2/c1-33-15-22(14-31-33)20-11-24-27(30-17-32-35(24)16-20)34-9-7-19(8-10-34)26-28-12-21(13-29-26)25(36)18-3-5-23(37-2)6-4-18/h3-7,11-17,25,36H,8-10H2,1-2H3. The highest BCUT2D eigenvalue weighted by Crippen LogP contribution is 2.29. The minimum atomic E-state index is -0.797. The molecule has 0 aliphatic carbocycles. The molecule has 37 heavy (non-hydrogen) atoms. The first-order valence-electron chi connectivity index (χ1n) is 12.0. The maximum atomic E-state index is 10.7. The van der Waals surface area contributed by atoms with Gasteiger partial charge in [-0.15, -0.1) is 0 Å². The zero-order valence-corrected chi connectivity index (χ0v) is 20.6. The first-order valence-corrected chi connectivity index (χ1v) is 12.0. The largest absolute Gasteiger partial charge is 0.497 e. The number of anilines is 1. The van der Waals surface area contributed by atoms with Gasteiger partial charge in [0.1, 0.15) is 23.7 Å². The lowest BCUT2D eigenvalue weighted by molar-refractivity contribution is 0.219. The Hall–Kier alpha value is -4.57. The number of aryl methyl sites for hydroxylation is 1. The zero-order valence-electron chi connectivity index (χ0n) is 20.6. The third-order valence-corrected chi connectivity index (χ3v) is 6.64. The van der Waals surface area contributed by atoms with Crippen LogP contribution < -0.4 is 9.64 Å². The van der Waals surface area contributed by atoms with Crippen molar-refractivity contribution in [1.29, 1.82) is 0 Å². The fourth-order valence-electron chi connectivity index (χ4n) is 4.58. The molecule has 1 atom stereocenters. The molecule has 1 aromatic carbocycles. The molecule has 6 rings (SSSR count). The fourth-order valence-corrected chi connectivity index (χ4v) is 4.58. The first-order chi connectivity index (χ1) is 18.1. The van der Waals surface area contributed by atoms with E-state index < -0.39 is 6.10 Å². The van der Waals surface area contributed by atoms with Crippen LogP contribution in [0.15, 0.2) is 73.7 Å². The normalized spacial score (nSPS) is 14.6. The second-order valence-corrected chi connectivity index (χ2v) is 8.99. The number of aromatic nitrogens is 7. The molecule has 0 saturated carbocycles. The maximum Gasteiger partial charge on any atom is 0.156 e. The van der Waals surface area contributed by atoms with Crippen LogP contribution >= 0.6 is 0 Å². The number of methoxy groups -OCH3 is 1. The summed E-state index contributed by atoms with van der Waals surface area (Å²) in [5.74, 6) is 2.31. The number of aliphatic hydroxyl groups excluding tert-OH is 1. The first kappa shape index (κ1) is 22.9. The molecule has 5 heterocycles. The van der Waals surface area contributed by atoms with Gasteiger partial charge in [0.15, 0.2) is 11.6 Å². The van der Waals surface area contributed by atoms with Crippen molar-refractivity contribution < 1.29 is 9.84 Å². The molecule has 10 nitrogen and oxygen atoms in total. The number of nitrogens with zero attached hydrogens (tertiary/aromatic N) is 8. The molecule has 0 saturated heterocycles. The van der Waals surface area contributed by atoms with Crippen molar-refractivity contribution in [1.82, 2.24) is 34.3 Å². The monoisotopic (exact) mass is 494 g/mol. The van der Waals surface area contributed by atoms with E-state index in [-0.39, 0.29) is 0 Å². The fraction of sp³-hybridized carbons (Fsp3) is 0.222. The molecule has 5 aromatic rings. The van der Waals surface area contributed by atoms with Crippen LogP contribution in [0, 0.1) is 0 Å². The van der Waals surface area contributed by atoms with Crippen LogP contribution in [-0.2, 0) is 7.05 Å². The van der Waals surface area contributed by atoms with Gasteiger partial charge in [0, 0.05) is 61.6 Å². The summed E-state index contributed by atoms with van der Waals surface area (Å²) in [5.41, 5.74) is 5.53. The van der Waals surface area contributed by atoms with E-state index in [1.165, 1.54) is 0 Å². The van der Waals surface area contributed by atoms with Crippen molar-refractivity contribution in [2.45, 2.75) is 12.5 Å². The van der Waals surface area contributed by atoms with Crippen LogP contribution in [0.2, 0.25) is 0 Å². The number of rotatable bonds is 6. The number of hydrogen-bond acceptors (Lipinski definition) is 8. The van der Waals surface area contributed by atoms with Gasteiger partial charge in [-0.1, -0.05) is 18.2 Å². The quantitative estimate of drug-likeness (QED) is 0.383. The highest BCUT2D eigenvalue weighted by Gasteiger charge is 2.20. The predicted octanol–water partition coefficient (Wildman–Crippen LogP) is 3.30. The Balaban J connectivity index is 1.18. The predicted molar refractivity (Wildman–Crippen MR) is 139 cm³/mol. The van der Waals surface area contributed by atoms with E-state index in [2.05, 4.69) is 42.2 Å². The third kappa shape index (κ3) is 4.43. The summed E-state index contributed by atoms with van der Waals surface area (Å²) >= 11 is 0. The average Bonchev–Trinajstić information content (AvgIpc) is 3.59. The molecule has 1 N–H and O–H groups in total. The lowest BCUT2D eigenvalue weighted by Crippen LogP contribution is -2.29. The summed E-state index contributed by atoms with van der Waals surface area (Å²) in [6, 6.07) is 9.42. The van der Waals surface area contributed by atoms with Gasteiger partial charge in [0.05, 0.1) is 13.3 Å². The number of ether oxygens (including phenoxy) is 1. The molecule has 4 aromatic heterocycles. The van der Waals surface area contributed by atoms with Crippen molar-refractivity contribution in [3.05, 3.63) is 90.7 Å². The molecule has 1 aliphatic heterocycles. The van der Waals surface area contributed by atoms with Crippen molar-refractivity contribution in [3.8, 4) is 16.9 Å². The Labute approximate surface area is 213 Å². The minimum Gasteiger partial charge on any atom is -0.497 e. The van der Waals surface area contributed by atoms with Crippen molar-refractivity contribution in [2.24, 2.45) is 7.05 Å². The van der Waals surface area contributed by atoms with Crippen LogP contribution in [0.3, 0.4) is 0 Å². The van der Waals surface area contributed by atoms with E-state index in [4.69, 9.17) is 4.74 Å². The summed E-state index contributed by atoms with van der Waals surface area (Å²) in [6.45, 7) is 1.47. The zero-order chi connectivity index (χ0) is 25.4. The van der Waals surface area contributed by atoms with Gasteiger partial charge < -0.3 is 14.7 Å². The van der Waals surface area contributed by atoms with Gasteiger partial charge in [0.2, 0.25) is 0 Å². The van der Waals surface area contributed by atoms with Gasteiger partial charge in [-0.3, -0.25) is 4.68 Å². The second kappa shape index (κ2) is 9.47. The number of aliphatic hydroxyl groups is 1. The van der Waals surface area contributed by atoms with Crippen molar-refractivity contribution in [2.75, 3.05) is 25.1 Å². The molecule has 186 valence electrons. The van der Waals surface area contributed by atoms with Gasteiger partial charge in [-0.25, -0.2) is 19.5 Å². The molecule has 0 amide bonds. The number of fused-ring (bicyclic) bond motifs is 1. The highest BCUT2D eigenvalue weighted by atomic mass is 16.5. The Morgan fingerprint density at radius 3 is 2.43 bits per heavy atom. The van der Waals surface area contributed by atoms with E-state index in [1.807, 2.05) is 54.4 Å². The third-order valence-electron chi connectivity index (χ3n) is 6.64. The van der Waals surface area contributed by atoms with Crippen LogP contribution in [0.5, 0.6) is 5.75 Å². The average molecular weight is 495 g/mol. The Kier molecular flexibility index (Phi) is 5.85. The van der Waals surface area contributed by atoms with E-state index in [1.54, 1.807) is 30.5 Å². The Morgan fingerprint density at radius 1 is 0.946 bits per heavy atom. The smallest absolute Gasteiger partial charge is 0.156 e. The lowest BCUT2D eigenvalue weighted by Gasteiger charge is -2.27. The number of benzene rings is 1. The van der Waals surface area contributed by atoms with Crippen LogP contribution in [0.4, 0.5) is 5.82 Å². The van der Waals surface area contributed by atoms with E-state index in [0.717, 1.165) is 52.3 Å². The summed E-state index contributed by atoms with van der Waals surface area (Å²) < 4.78 is 8.84. The van der Waals surface area contributed by atoms with Gasteiger partial charge in [-0.05, 0) is 35.8 Å². The molecule has 0 spiro atoms. The highest BCUT2D eigenvalue weighted by molar-refractivity contribution is 5.78. The Bertz CT molecular complexity index is 1570. The summed E-state index contributed by atoms with van der Waals surface area (Å²) in [4.78, 5) is 15.9.